The van der Waals surface area contributed by atoms with Crippen LogP contribution in [0.1, 0.15) is 11.1 Å². The van der Waals surface area contributed by atoms with Crippen LogP contribution in [0.3, 0.4) is 0 Å². The molecule has 0 saturated carbocycles. The monoisotopic (exact) mass is 379 g/mol. The van der Waals surface area contributed by atoms with Gasteiger partial charge in [0.15, 0.2) is 5.96 Å². The van der Waals surface area contributed by atoms with Crippen molar-refractivity contribution in [2.75, 3.05) is 39.2 Å². The first-order valence-corrected chi connectivity index (χ1v) is 9.61. The Balaban J connectivity index is 1.43. The molecular formula is C22H29N5O. The molecule has 0 fully saturated rings. The standard InChI is InChI=1S/C22H29N5O/c1-23-22(25-12-11-18-16-26-21-6-4-3-5-20(18)21)27-15-17-7-9-19(10-8-17)24-13-14-28-2/h3-10,16,24,26H,11-15H2,1-2H3,(H2,23,25,27). The van der Waals surface area contributed by atoms with Crippen molar-refractivity contribution in [2.45, 2.75) is 13.0 Å². The highest BCUT2D eigenvalue weighted by molar-refractivity contribution is 5.83. The maximum atomic E-state index is 5.05. The van der Waals surface area contributed by atoms with Gasteiger partial charge in [0.1, 0.15) is 0 Å². The Morgan fingerprint density at radius 1 is 1.04 bits per heavy atom. The summed E-state index contributed by atoms with van der Waals surface area (Å²) in [6.07, 6.45) is 3.03. The number of aromatic amines is 1. The minimum atomic E-state index is 0.698. The number of benzene rings is 2. The molecule has 0 saturated heterocycles. The maximum Gasteiger partial charge on any atom is 0.191 e. The fourth-order valence-corrected chi connectivity index (χ4v) is 3.10. The highest BCUT2D eigenvalue weighted by Gasteiger charge is 2.04. The van der Waals surface area contributed by atoms with Crippen molar-refractivity contribution in [2.24, 2.45) is 4.99 Å². The van der Waals surface area contributed by atoms with Gasteiger partial charge < -0.3 is 25.7 Å². The lowest BCUT2D eigenvalue weighted by Gasteiger charge is -2.12. The second-order valence-electron chi connectivity index (χ2n) is 6.58. The van der Waals surface area contributed by atoms with Gasteiger partial charge in [0.25, 0.3) is 0 Å². The number of nitrogens with zero attached hydrogens (tertiary/aromatic N) is 1. The Morgan fingerprint density at radius 3 is 2.64 bits per heavy atom. The lowest BCUT2D eigenvalue weighted by molar-refractivity contribution is 0.211. The molecule has 1 aromatic heterocycles. The van der Waals surface area contributed by atoms with E-state index < -0.39 is 0 Å². The number of nitrogens with one attached hydrogen (secondary N) is 4. The number of guanidine groups is 1. The van der Waals surface area contributed by atoms with Gasteiger partial charge in [-0.15, -0.1) is 0 Å². The van der Waals surface area contributed by atoms with Crippen LogP contribution in [0, 0.1) is 0 Å². The van der Waals surface area contributed by atoms with E-state index in [-0.39, 0.29) is 0 Å². The van der Waals surface area contributed by atoms with Crippen LogP contribution in [0.4, 0.5) is 5.69 Å². The maximum absolute atomic E-state index is 5.05. The lowest BCUT2D eigenvalue weighted by Crippen LogP contribution is -2.37. The predicted octanol–water partition coefficient (Wildman–Crippen LogP) is 3.13. The number of fused-ring (bicyclic) bond motifs is 1. The summed E-state index contributed by atoms with van der Waals surface area (Å²) < 4.78 is 5.05. The third-order valence-corrected chi connectivity index (χ3v) is 4.63. The summed E-state index contributed by atoms with van der Waals surface area (Å²) >= 11 is 0. The number of methoxy groups -OCH3 is 1. The normalized spacial score (nSPS) is 11.6. The molecule has 6 nitrogen and oxygen atoms in total. The summed E-state index contributed by atoms with van der Waals surface area (Å²) in [7, 11) is 3.50. The van der Waals surface area contributed by atoms with Gasteiger partial charge in [-0.3, -0.25) is 4.99 Å². The van der Waals surface area contributed by atoms with Crippen molar-refractivity contribution in [1.29, 1.82) is 0 Å². The fraction of sp³-hybridized carbons (Fsp3) is 0.318. The first kappa shape index (κ1) is 19.8. The van der Waals surface area contributed by atoms with Crippen LogP contribution < -0.4 is 16.0 Å². The molecular weight excluding hydrogens is 350 g/mol. The Morgan fingerprint density at radius 2 is 1.86 bits per heavy atom. The molecule has 0 aliphatic heterocycles. The number of anilines is 1. The van der Waals surface area contributed by atoms with Crippen molar-refractivity contribution in [3.05, 3.63) is 65.9 Å². The van der Waals surface area contributed by atoms with Crippen LogP contribution in [-0.4, -0.2) is 44.8 Å². The van der Waals surface area contributed by atoms with Crippen molar-refractivity contribution in [3.63, 3.8) is 0 Å². The van der Waals surface area contributed by atoms with Gasteiger partial charge in [0, 0.05) is 56.6 Å². The lowest BCUT2D eigenvalue weighted by atomic mass is 10.1. The van der Waals surface area contributed by atoms with Crippen LogP contribution in [0.2, 0.25) is 0 Å². The van der Waals surface area contributed by atoms with Gasteiger partial charge >= 0.3 is 0 Å². The van der Waals surface area contributed by atoms with Gasteiger partial charge in [-0.1, -0.05) is 30.3 Å². The molecule has 0 aliphatic rings. The Hall–Kier alpha value is -2.99. The SMILES string of the molecule is CN=C(NCCc1c[nH]c2ccccc12)NCc1ccc(NCCOC)cc1. The molecule has 3 rings (SSSR count). The molecule has 1 heterocycles. The van der Waals surface area contributed by atoms with Crippen molar-refractivity contribution >= 4 is 22.5 Å². The van der Waals surface area contributed by atoms with E-state index in [0.29, 0.717) is 6.61 Å². The molecule has 6 heteroatoms. The minimum Gasteiger partial charge on any atom is -0.383 e. The molecule has 0 aliphatic carbocycles. The quantitative estimate of drug-likeness (QED) is 0.262. The number of aliphatic imine (C=N–C) groups is 1. The molecule has 28 heavy (non-hydrogen) atoms. The van der Waals surface area contributed by atoms with Gasteiger partial charge in [0.05, 0.1) is 6.61 Å². The molecule has 0 amide bonds. The molecule has 0 radical (unpaired) electrons. The largest absolute Gasteiger partial charge is 0.383 e. The second kappa shape index (κ2) is 10.4. The van der Waals surface area contributed by atoms with Crippen LogP contribution in [-0.2, 0) is 17.7 Å². The highest BCUT2D eigenvalue weighted by Crippen LogP contribution is 2.17. The van der Waals surface area contributed by atoms with E-state index in [0.717, 1.165) is 37.7 Å². The van der Waals surface area contributed by atoms with E-state index in [2.05, 4.69) is 80.7 Å². The van der Waals surface area contributed by atoms with Gasteiger partial charge in [-0.05, 0) is 35.7 Å². The highest BCUT2D eigenvalue weighted by atomic mass is 16.5. The van der Waals surface area contributed by atoms with E-state index in [1.165, 1.54) is 22.0 Å². The Labute approximate surface area is 166 Å². The Kier molecular flexibility index (Phi) is 7.32. The number of ether oxygens (including phenoxy) is 1. The number of para-hydroxylation sites is 1. The number of aromatic nitrogens is 1. The van der Waals surface area contributed by atoms with E-state index in [9.17, 15) is 0 Å². The molecule has 4 N–H and O–H groups in total. The summed E-state index contributed by atoms with van der Waals surface area (Å²) in [5, 5.41) is 11.4. The zero-order valence-corrected chi connectivity index (χ0v) is 16.6. The summed E-state index contributed by atoms with van der Waals surface area (Å²) in [6, 6.07) is 16.8. The van der Waals surface area contributed by atoms with E-state index in [1.807, 2.05) is 0 Å². The molecule has 148 valence electrons. The minimum absolute atomic E-state index is 0.698. The third-order valence-electron chi connectivity index (χ3n) is 4.63. The molecule has 0 bridgehead atoms. The average Bonchev–Trinajstić information content (AvgIpc) is 3.15. The fourth-order valence-electron chi connectivity index (χ4n) is 3.10. The predicted molar refractivity (Wildman–Crippen MR) is 117 cm³/mol. The molecule has 0 unspecified atom stereocenters. The summed E-state index contributed by atoms with van der Waals surface area (Å²) in [4.78, 5) is 7.63. The van der Waals surface area contributed by atoms with Crippen LogP contribution >= 0.6 is 0 Å². The summed E-state index contributed by atoms with van der Waals surface area (Å²) in [5.74, 6) is 0.808. The van der Waals surface area contributed by atoms with Crippen molar-refractivity contribution in [3.8, 4) is 0 Å². The first-order chi connectivity index (χ1) is 13.8. The van der Waals surface area contributed by atoms with E-state index in [4.69, 9.17) is 4.74 Å². The van der Waals surface area contributed by atoms with Gasteiger partial charge in [-0.2, -0.15) is 0 Å². The topological polar surface area (TPSA) is 73.5 Å². The summed E-state index contributed by atoms with van der Waals surface area (Å²) in [5.41, 5.74) is 4.80. The number of rotatable bonds is 9. The van der Waals surface area contributed by atoms with Crippen molar-refractivity contribution < 1.29 is 4.74 Å². The average molecular weight is 380 g/mol. The van der Waals surface area contributed by atoms with Crippen LogP contribution in [0.15, 0.2) is 59.7 Å². The first-order valence-electron chi connectivity index (χ1n) is 9.61. The number of H-pyrrole nitrogens is 1. The Bertz CT molecular complexity index is 885. The number of hydrogen-bond donors (Lipinski definition) is 4. The number of hydrogen-bond acceptors (Lipinski definition) is 3. The smallest absolute Gasteiger partial charge is 0.191 e. The van der Waals surface area contributed by atoms with E-state index >= 15 is 0 Å². The van der Waals surface area contributed by atoms with Crippen molar-refractivity contribution in [1.82, 2.24) is 15.6 Å². The van der Waals surface area contributed by atoms with Gasteiger partial charge in [-0.25, -0.2) is 0 Å². The molecule has 3 aromatic rings. The van der Waals surface area contributed by atoms with Gasteiger partial charge in [0.2, 0.25) is 0 Å². The van der Waals surface area contributed by atoms with E-state index in [1.54, 1.807) is 14.2 Å². The zero-order valence-electron chi connectivity index (χ0n) is 16.6. The summed E-state index contributed by atoms with van der Waals surface area (Å²) in [6.45, 7) is 3.06. The van der Waals surface area contributed by atoms with Crippen LogP contribution in [0.25, 0.3) is 10.9 Å². The zero-order chi connectivity index (χ0) is 19.6. The molecule has 2 aromatic carbocycles. The third kappa shape index (κ3) is 5.50. The molecule has 0 spiro atoms. The van der Waals surface area contributed by atoms with Crippen LogP contribution in [0.5, 0.6) is 0 Å². The molecule has 0 atom stereocenters. The second-order valence-corrected chi connectivity index (χ2v) is 6.58.